The molecule has 4 rings (SSSR count). The Balaban J connectivity index is 1.54. The number of urea groups is 1. The number of fused-ring (bicyclic) bond motifs is 1. The third-order valence-corrected chi connectivity index (χ3v) is 7.67. The molecule has 0 aliphatic carbocycles. The number of amides is 4. The highest BCUT2D eigenvalue weighted by Crippen LogP contribution is 2.57. The zero-order chi connectivity index (χ0) is 19.2. The molecule has 4 saturated heterocycles. The number of nitrogens with zero attached hydrogens (tertiary/aromatic N) is 4. The van der Waals surface area contributed by atoms with Crippen LogP contribution in [0.1, 0.15) is 46.0 Å². The molecule has 0 saturated carbocycles. The molecule has 1 atom stereocenters. The van der Waals surface area contributed by atoms with Gasteiger partial charge in [0.2, 0.25) is 11.8 Å². The lowest BCUT2D eigenvalue weighted by Gasteiger charge is -2.47. The Labute approximate surface area is 161 Å². The highest BCUT2D eigenvalue weighted by molar-refractivity contribution is 5.88. The van der Waals surface area contributed by atoms with Gasteiger partial charge in [-0.25, -0.2) is 4.79 Å². The van der Waals surface area contributed by atoms with Crippen molar-refractivity contribution in [3.63, 3.8) is 0 Å². The minimum Gasteiger partial charge on any atom is -0.342 e. The van der Waals surface area contributed by atoms with Crippen LogP contribution in [-0.4, -0.2) is 89.8 Å². The zero-order valence-electron chi connectivity index (χ0n) is 16.7. The summed E-state index contributed by atoms with van der Waals surface area (Å²) >= 11 is 0. The lowest BCUT2D eigenvalue weighted by molar-refractivity contribution is -0.142. The normalized spacial score (nSPS) is 30.2. The van der Waals surface area contributed by atoms with Crippen LogP contribution in [-0.2, 0) is 9.59 Å². The monoisotopic (exact) mass is 376 g/mol. The quantitative estimate of drug-likeness (QED) is 0.695. The van der Waals surface area contributed by atoms with E-state index in [0.717, 1.165) is 58.3 Å². The van der Waals surface area contributed by atoms with E-state index in [0.29, 0.717) is 26.2 Å². The maximum absolute atomic E-state index is 13.3. The van der Waals surface area contributed by atoms with Gasteiger partial charge >= 0.3 is 6.03 Å². The number of hydrogen-bond acceptors (Lipinski definition) is 3. The van der Waals surface area contributed by atoms with Crippen molar-refractivity contribution in [3.05, 3.63) is 0 Å². The average Bonchev–Trinajstić information content (AvgIpc) is 3.37. The number of hydrogen-bond donors (Lipinski definition) is 0. The van der Waals surface area contributed by atoms with Crippen LogP contribution >= 0.6 is 0 Å². The first-order valence-corrected chi connectivity index (χ1v) is 10.5. The summed E-state index contributed by atoms with van der Waals surface area (Å²) < 4.78 is 0. The minimum atomic E-state index is -0.447. The van der Waals surface area contributed by atoms with E-state index in [1.54, 1.807) is 6.92 Å². The summed E-state index contributed by atoms with van der Waals surface area (Å²) in [5.41, 5.74) is -0.626. The minimum absolute atomic E-state index is 0.0598. The second-order valence-corrected chi connectivity index (χ2v) is 8.84. The molecule has 0 N–H and O–H groups in total. The maximum atomic E-state index is 13.3. The van der Waals surface area contributed by atoms with Crippen molar-refractivity contribution in [1.29, 1.82) is 0 Å². The molecule has 0 aromatic heterocycles. The van der Waals surface area contributed by atoms with Crippen molar-refractivity contribution in [3.8, 4) is 0 Å². The van der Waals surface area contributed by atoms with E-state index in [9.17, 15) is 14.4 Å². The van der Waals surface area contributed by atoms with Crippen LogP contribution < -0.4 is 0 Å². The van der Waals surface area contributed by atoms with E-state index in [-0.39, 0.29) is 23.3 Å². The molecular formula is C20H32N4O3. The van der Waals surface area contributed by atoms with Gasteiger partial charge in [-0.3, -0.25) is 9.59 Å². The largest absolute Gasteiger partial charge is 0.342 e. The first kappa shape index (κ1) is 18.6. The Hall–Kier alpha value is -1.79. The summed E-state index contributed by atoms with van der Waals surface area (Å²) in [5, 5.41) is 0. The summed E-state index contributed by atoms with van der Waals surface area (Å²) in [5.74, 6) is 0.289. The third-order valence-electron chi connectivity index (χ3n) is 7.67. The second-order valence-electron chi connectivity index (χ2n) is 8.84. The van der Waals surface area contributed by atoms with Gasteiger partial charge in [0.25, 0.3) is 0 Å². The van der Waals surface area contributed by atoms with Crippen LogP contribution in [0.25, 0.3) is 0 Å². The van der Waals surface area contributed by atoms with Crippen molar-refractivity contribution >= 4 is 17.8 Å². The number of likely N-dealkylation sites (tertiary alicyclic amines) is 4. The topological polar surface area (TPSA) is 64.2 Å². The summed E-state index contributed by atoms with van der Waals surface area (Å²) in [6.45, 7) is 9.50. The summed E-state index contributed by atoms with van der Waals surface area (Å²) in [4.78, 5) is 46.0. The highest BCUT2D eigenvalue weighted by atomic mass is 16.2. The Morgan fingerprint density at radius 3 is 2.07 bits per heavy atom. The molecule has 0 bridgehead atoms. The van der Waals surface area contributed by atoms with Crippen molar-refractivity contribution in [2.75, 3.05) is 52.4 Å². The predicted molar refractivity (Wildman–Crippen MR) is 101 cm³/mol. The van der Waals surface area contributed by atoms with Crippen molar-refractivity contribution in [1.82, 2.24) is 19.6 Å². The molecule has 0 aromatic rings. The van der Waals surface area contributed by atoms with E-state index < -0.39 is 5.41 Å². The molecule has 4 aliphatic rings. The fourth-order valence-electron chi connectivity index (χ4n) is 5.94. The molecule has 4 aliphatic heterocycles. The average molecular weight is 377 g/mol. The van der Waals surface area contributed by atoms with Gasteiger partial charge in [-0.15, -0.1) is 0 Å². The smallest absolute Gasteiger partial charge is 0.319 e. The third kappa shape index (κ3) is 2.72. The molecule has 7 nitrogen and oxygen atoms in total. The number of carbonyl (C=O) groups is 3. The van der Waals surface area contributed by atoms with Gasteiger partial charge in [-0.2, -0.15) is 0 Å². The van der Waals surface area contributed by atoms with Crippen molar-refractivity contribution in [2.24, 2.45) is 10.8 Å². The second kappa shape index (κ2) is 6.67. The first-order valence-electron chi connectivity index (χ1n) is 10.5. The number of rotatable bonds is 1. The van der Waals surface area contributed by atoms with E-state index in [1.807, 2.05) is 26.5 Å². The summed E-state index contributed by atoms with van der Waals surface area (Å²) in [6.07, 6.45) is 4.67. The molecule has 27 heavy (non-hydrogen) atoms. The first-order chi connectivity index (χ1) is 12.9. The van der Waals surface area contributed by atoms with Crippen LogP contribution in [0.2, 0.25) is 0 Å². The van der Waals surface area contributed by atoms with Gasteiger partial charge in [0.15, 0.2) is 0 Å². The Kier molecular flexibility index (Phi) is 4.59. The van der Waals surface area contributed by atoms with Gasteiger partial charge in [0.1, 0.15) is 0 Å². The van der Waals surface area contributed by atoms with Crippen LogP contribution in [0.4, 0.5) is 4.79 Å². The summed E-state index contributed by atoms with van der Waals surface area (Å²) in [6, 6.07) is 0.158. The molecule has 150 valence electrons. The lowest BCUT2D eigenvalue weighted by atomic mass is 9.60. The van der Waals surface area contributed by atoms with Crippen molar-refractivity contribution < 1.29 is 14.4 Å². The molecule has 4 heterocycles. The molecule has 4 amide bonds. The summed E-state index contributed by atoms with van der Waals surface area (Å²) in [7, 11) is 0. The molecule has 2 spiro atoms. The fourth-order valence-corrected chi connectivity index (χ4v) is 5.94. The molecular weight excluding hydrogens is 344 g/mol. The number of piperidine rings is 1. The van der Waals surface area contributed by atoms with Crippen LogP contribution in [0.5, 0.6) is 0 Å². The van der Waals surface area contributed by atoms with Crippen LogP contribution in [0.3, 0.4) is 0 Å². The lowest BCUT2D eigenvalue weighted by Crippen LogP contribution is -2.55. The standard InChI is InChI=1S/C20H32N4O3/c1-3-21-13-8-20(17(21)26)15-24(16(2)25)14-19(20)6-11-23(12-7-19)18(27)22-9-4-5-10-22/h3-15H2,1-2H3. The van der Waals surface area contributed by atoms with Gasteiger partial charge < -0.3 is 19.6 Å². The molecule has 1 unspecified atom stereocenters. The van der Waals surface area contributed by atoms with E-state index in [4.69, 9.17) is 0 Å². The molecule has 7 heteroatoms. The van der Waals surface area contributed by atoms with Crippen molar-refractivity contribution in [2.45, 2.75) is 46.0 Å². The van der Waals surface area contributed by atoms with E-state index in [1.165, 1.54) is 0 Å². The van der Waals surface area contributed by atoms with E-state index >= 15 is 0 Å². The fraction of sp³-hybridized carbons (Fsp3) is 0.850. The zero-order valence-corrected chi connectivity index (χ0v) is 16.7. The number of carbonyl (C=O) groups excluding carboxylic acids is 3. The van der Waals surface area contributed by atoms with Crippen LogP contribution in [0.15, 0.2) is 0 Å². The molecule has 0 aromatic carbocycles. The van der Waals surface area contributed by atoms with Gasteiger partial charge in [-0.1, -0.05) is 0 Å². The van der Waals surface area contributed by atoms with Gasteiger partial charge in [0, 0.05) is 64.7 Å². The van der Waals surface area contributed by atoms with Gasteiger partial charge in [0.05, 0.1) is 5.41 Å². The maximum Gasteiger partial charge on any atom is 0.319 e. The van der Waals surface area contributed by atoms with Crippen LogP contribution in [0, 0.1) is 10.8 Å². The van der Waals surface area contributed by atoms with E-state index in [2.05, 4.69) is 0 Å². The SMILES string of the molecule is CCN1CCC2(CN(C(C)=O)CC23CCN(C(=O)N2CCCC2)CC3)C1=O. The Morgan fingerprint density at radius 2 is 1.52 bits per heavy atom. The highest BCUT2D eigenvalue weighted by Gasteiger charge is 2.65. The van der Waals surface area contributed by atoms with Gasteiger partial charge in [-0.05, 0) is 39.0 Å². The Bertz CT molecular complexity index is 637. The molecule has 0 radical (unpaired) electrons. The molecule has 4 fully saturated rings. The predicted octanol–water partition coefficient (Wildman–Crippen LogP) is 1.39. The Morgan fingerprint density at radius 1 is 0.889 bits per heavy atom.